The number of unbranched alkanes of at least 4 members (excludes halogenated alkanes) is 2. The third kappa shape index (κ3) is 6.53. The summed E-state index contributed by atoms with van der Waals surface area (Å²) in [6.07, 6.45) is 3.81. The van der Waals surface area contributed by atoms with E-state index in [0.29, 0.717) is 25.1 Å². The molecule has 0 saturated heterocycles. The molecule has 0 saturated carbocycles. The summed E-state index contributed by atoms with van der Waals surface area (Å²) in [5, 5.41) is 5.94. The lowest BCUT2D eigenvalue weighted by Gasteiger charge is -2.20. The number of hydrogen-bond acceptors (Lipinski definition) is 5. The first kappa shape index (κ1) is 17.6. The molecule has 0 heterocycles. The van der Waals surface area contributed by atoms with E-state index in [1.54, 1.807) is 5.01 Å². The van der Waals surface area contributed by atoms with E-state index in [9.17, 15) is 4.57 Å². The molecular weight excluding hydrogens is 251 g/mol. The van der Waals surface area contributed by atoms with Crippen molar-refractivity contribution < 1.29 is 13.6 Å². The average Bonchev–Trinajstić information content (AvgIpc) is 2.28. The van der Waals surface area contributed by atoms with E-state index >= 15 is 0 Å². The summed E-state index contributed by atoms with van der Waals surface area (Å²) >= 11 is 0. The van der Waals surface area contributed by atoms with Gasteiger partial charge >= 0.3 is 7.60 Å². The molecule has 0 spiro atoms. The monoisotopic (exact) mass is 278 g/mol. The van der Waals surface area contributed by atoms with Crippen LogP contribution in [0.25, 0.3) is 0 Å². The number of hydrazone groups is 1. The molecular formula is C12H27N2O3P. The molecule has 0 unspecified atom stereocenters. The van der Waals surface area contributed by atoms with E-state index < -0.39 is 7.60 Å². The van der Waals surface area contributed by atoms with Crippen LogP contribution in [-0.4, -0.2) is 37.8 Å². The number of rotatable bonds is 10. The van der Waals surface area contributed by atoms with Crippen LogP contribution in [0.1, 0.15) is 46.5 Å². The Hall–Kier alpha value is -0.380. The molecule has 18 heavy (non-hydrogen) atoms. The van der Waals surface area contributed by atoms with Crippen molar-refractivity contribution in [3.8, 4) is 0 Å². The maximum Gasteiger partial charge on any atom is 0.377 e. The fourth-order valence-electron chi connectivity index (χ4n) is 1.53. The lowest BCUT2D eigenvalue weighted by molar-refractivity contribution is 0.231. The van der Waals surface area contributed by atoms with Gasteiger partial charge in [-0.2, -0.15) is 5.10 Å². The van der Waals surface area contributed by atoms with Gasteiger partial charge in [0.05, 0.1) is 13.2 Å². The minimum atomic E-state index is -3.22. The van der Waals surface area contributed by atoms with E-state index in [4.69, 9.17) is 9.05 Å². The quantitative estimate of drug-likeness (QED) is 0.264. The molecule has 0 fully saturated rings. The van der Waals surface area contributed by atoms with Crippen LogP contribution in [0.3, 0.4) is 0 Å². The second kappa shape index (κ2) is 9.54. The summed E-state index contributed by atoms with van der Waals surface area (Å²) < 4.78 is 23.3. The van der Waals surface area contributed by atoms with Gasteiger partial charge in [-0.3, -0.25) is 4.57 Å². The number of nitrogens with zero attached hydrogens (tertiary/aromatic N) is 2. The highest BCUT2D eigenvalue weighted by molar-refractivity contribution is 7.72. The molecule has 0 aromatic carbocycles. The Kier molecular flexibility index (Phi) is 9.34. The highest BCUT2D eigenvalue weighted by atomic mass is 31.2. The van der Waals surface area contributed by atoms with Crippen molar-refractivity contribution >= 4 is 13.0 Å². The lowest BCUT2D eigenvalue weighted by Crippen LogP contribution is -2.13. The molecule has 0 aliphatic carbocycles. The molecule has 0 bridgehead atoms. The van der Waals surface area contributed by atoms with Gasteiger partial charge in [-0.1, -0.05) is 19.8 Å². The average molecular weight is 278 g/mol. The molecule has 0 amide bonds. The summed E-state index contributed by atoms with van der Waals surface area (Å²) in [5.74, 6) is 0. The fourth-order valence-corrected chi connectivity index (χ4v) is 3.30. The van der Waals surface area contributed by atoms with Crippen LogP contribution in [-0.2, 0) is 13.6 Å². The van der Waals surface area contributed by atoms with Crippen LogP contribution < -0.4 is 0 Å². The SMILES string of the molecule is CCCCCC(=NN(C)C)P(=O)(OCC)OCC. The maximum absolute atomic E-state index is 12.6. The molecule has 0 radical (unpaired) electrons. The van der Waals surface area contributed by atoms with Gasteiger partial charge in [-0.15, -0.1) is 0 Å². The Balaban J connectivity index is 4.93. The molecule has 0 N–H and O–H groups in total. The highest BCUT2D eigenvalue weighted by Gasteiger charge is 2.31. The molecule has 0 aromatic heterocycles. The van der Waals surface area contributed by atoms with Crippen LogP contribution in [0.4, 0.5) is 0 Å². The van der Waals surface area contributed by atoms with Crippen molar-refractivity contribution in [2.24, 2.45) is 5.10 Å². The summed E-state index contributed by atoms with van der Waals surface area (Å²) in [6.45, 7) is 6.47. The fraction of sp³-hybridized carbons (Fsp3) is 0.917. The largest absolute Gasteiger partial charge is 0.377 e. The molecule has 0 aliphatic heterocycles. The van der Waals surface area contributed by atoms with Crippen LogP contribution in [0.2, 0.25) is 0 Å². The van der Waals surface area contributed by atoms with Gasteiger partial charge in [0.25, 0.3) is 0 Å². The van der Waals surface area contributed by atoms with E-state index in [1.807, 2.05) is 27.9 Å². The van der Waals surface area contributed by atoms with Crippen molar-refractivity contribution in [2.45, 2.75) is 46.5 Å². The highest BCUT2D eigenvalue weighted by Crippen LogP contribution is 2.51. The van der Waals surface area contributed by atoms with Crippen molar-refractivity contribution in [2.75, 3.05) is 27.3 Å². The van der Waals surface area contributed by atoms with Gasteiger partial charge in [0.15, 0.2) is 0 Å². The molecule has 0 aromatic rings. The predicted molar refractivity (Wildman–Crippen MR) is 76.1 cm³/mol. The van der Waals surface area contributed by atoms with Crippen molar-refractivity contribution in [1.29, 1.82) is 0 Å². The second-order valence-electron chi connectivity index (χ2n) is 4.15. The van der Waals surface area contributed by atoms with Crippen LogP contribution in [0.5, 0.6) is 0 Å². The predicted octanol–water partition coefficient (Wildman–Crippen LogP) is 3.71. The van der Waals surface area contributed by atoms with Gasteiger partial charge in [-0.05, 0) is 26.7 Å². The molecule has 0 rings (SSSR count). The summed E-state index contributed by atoms with van der Waals surface area (Å²) in [7, 11) is 0.400. The summed E-state index contributed by atoms with van der Waals surface area (Å²) in [5.41, 5.74) is 0.532. The first-order valence-electron chi connectivity index (χ1n) is 6.64. The minimum Gasteiger partial charge on any atom is -0.305 e. The van der Waals surface area contributed by atoms with Crippen molar-refractivity contribution in [1.82, 2.24) is 5.01 Å². The van der Waals surface area contributed by atoms with Crippen LogP contribution in [0.15, 0.2) is 5.10 Å². The normalized spacial score (nSPS) is 12.8. The summed E-state index contributed by atoms with van der Waals surface area (Å²) in [4.78, 5) is 0. The van der Waals surface area contributed by atoms with E-state index in [0.717, 1.165) is 19.3 Å². The zero-order chi connectivity index (χ0) is 14.0. The summed E-state index contributed by atoms with van der Waals surface area (Å²) in [6, 6.07) is 0. The lowest BCUT2D eigenvalue weighted by atomic mass is 10.2. The Morgan fingerprint density at radius 1 is 1.11 bits per heavy atom. The second-order valence-corrected chi connectivity index (χ2v) is 6.18. The zero-order valence-corrected chi connectivity index (χ0v) is 13.2. The smallest absolute Gasteiger partial charge is 0.305 e. The van der Waals surface area contributed by atoms with Gasteiger partial charge in [0.1, 0.15) is 5.45 Å². The van der Waals surface area contributed by atoms with Crippen molar-refractivity contribution in [3.05, 3.63) is 0 Å². The van der Waals surface area contributed by atoms with Gasteiger partial charge in [-0.25, -0.2) is 0 Å². The first-order valence-corrected chi connectivity index (χ1v) is 8.18. The van der Waals surface area contributed by atoms with Gasteiger partial charge in [0.2, 0.25) is 0 Å². The number of hydrogen-bond donors (Lipinski definition) is 0. The zero-order valence-electron chi connectivity index (χ0n) is 12.3. The molecule has 108 valence electrons. The van der Waals surface area contributed by atoms with Gasteiger partial charge in [0, 0.05) is 14.1 Å². The standard InChI is InChI=1S/C12H27N2O3P/c1-6-9-10-11-12(13-14(4)5)18(15,16-7-2)17-8-3/h6-11H2,1-5H3. The molecule has 5 nitrogen and oxygen atoms in total. The van der Waals surface area contributed by atoms with Crippen LogP contribution >= 0.6 is 7.60 Å². The Morgan fingerprint density at radius 2 is 1.67 bits per heavy atom. The Labute approximate surface area is 111 Å². The van der Waals surface area contributed by atoms with E-state index in [-0.39, 0.29) is 0 Å². The third-order valence-corrected chi connectivity index (χ3v) is 4.38. The molecule has 6 heteroatoms. The maximum atomic E-state index is 12.6. The molecule has 0 atom stereocenters. The topological polar surface area (TPSA) is 51.1 Å². The van der Waals surface area contributed by atoms with Crippen molar-refractivity contribution in [3.63, 3.8) is 0 Å². The van der Waals surface area contributed by atoms with Gasteiger partial charge < -0.3 is 14.1 Å². The van der Waals surface area contributed by atoms with E-state index in [1.165, 1.54) is 0 Å². The molecule has 0 aliphatic rings. The minimum absolute atomic E-state index is 0.359. The van der Waals surface area contributed by atoms with E-state index in [2.05, 4.69) is 12.0 Å². The Bertz CT molecular complexity index is 283. The third-order valence-electron chi connectivity index (χ3n) is 2.23. The van der Waals surface area contributed by atoms with Crippen LogP contribution in [0, 0.1) is 0 Å². The Morgan fingerprint density at radius 3 is 2.06 bits per heavy atom. The first-order chi connectivity index (χ1) is 8.50.